The Kier molecular flexibility index (Phi) is 11.3. The average Bonchev–Trinajstić information content (AvgIpc) is 3.41. The number of aromatic nitrogens is 4. The summed E-state index contributed by atoms with van der Waals surface area (Å²) in [5.74, 6) is 0.993. The van der Waals surface area contributed by atoms with Gasteiger partial charge in [0, 0.05) is 30.5 Å². The van der Waals surface area contributed by atoms with E-state index in [1.54, 1.807) is 6.07 Å². The maximum absolute atomic E-state index is 13.0. The molecule has 0 spiro atoms. The number of aliphatic hydroxyl groups is 1. The second-order valence-corrected chi connectivity index (χ2v) is 15.4. The van der Waals surface area contributed by atoms with Crippen LogP contribution in [-0.2, 0) is 16.2 Å². The van der Waals surface area contributed by atoms with Crippen molar-refractivity contribution in [3.05, 3.63) is 47.5 Å². The smallest absolute Gasteiger partial charge is 0.263 e. The number of nitrogens with zero attached hydrogens (tertiary/aromatic N) is 4. The third kappa shape index (κ3) is 8.78. The number of aliphatic hydroxyl groups excluding tert-OH is 1. The normalized spacial score (nSPS) is 15.4. The number of halogens is 2. The molecule has 4 aromatic rings. The molecule has 2 aromatic heterocycles. The fourth-order valence-electron chi connectivity index (χ4n) is 5.99. The summed E-state index contributed by atoms with van der Waals surface area (Å²) in [6.45, 7) is 12.2. The van der Waals surface area contributed by atoms with E-state index in [1.807, 2.05) is 43.5 Å². The molecule has 0 unspecified atom stereocenters. The molecule has 48 heavy (non-hydrogen) atoms. The number of alkyl halides is 2. The number of hydrogen-bond donors (Lipinski definition) is 3. The van der Waals surface area contributed by atoms with E-state index >= 15 is 0 Å². The van der Waals surface area contributed by atoms with E-state index in [0.717, 1.165) is 48.7 Å². The van der Waals surface area contributed by atoms with Crippen LogP contribution in [0.4, 0.5) is 20.7 Å². The van der Waals surface area contributed by atoms with Crippen molar-refractivity contribution in [3.63, 3.8) is 0 Å². The fourth-order valence-corrected chi connectivity index (χ4v) is 5.99. The molecule has 262 valence electrons. The molecule has 3 N–H and O–H groups in total. The minimum absolute atomic E-state index is 0. The summed E-state index contributed by atoms with van der Waals surface area (Å²) in [4.78, 5) is 33.7. The molecule has 9 nitrogen and oxygen atoms in total. The minimum Gasteiger partial charge on any atom is -0.392 e. The molecular weight excluding hydrogens is 614 g/mol. The Morgan fingerprint density at radius 2 is 1.23 bits per heavy atom. The van der Waals surface area contributed by atoms with E-state index in [4.69, 9.17) is 0 Å². The highest BCUT2D eigenvalue weighted by Crippen LogP contribution is 2.39. The zero-order chi connectivity index (χ0) is 34.1. The molecule has 0 aliphatic heterocycles. The van der Waals surface area contributed by atoms with Crippen molar-refractivity contribution >= 4 is 45.8 Å². The van der Waals surface area contributed by atoms with Gasteiger partial charge in [-0.25, -0.2) is 18.7 Å². The summed E-state index contributed by atoms with van der Waals surface area (Å²) in [5, 5.41) is 15.3. The van der Waals surface area contributed by atoms with Crippen molar-refractivity contribution < 1.29 is 23.5 Å². The van der Waals surface area contributed by atoms with Crippen molar-refractivity contribution in [2.24, 2.45) is 10.8 Å². The molecule has 2 amide bonds. The first-order chi connectivity index (χ1) is 22.1. The van der Waals surface area contributed by atoms with Gasteiger partial charge >= 0.3 is 0 Å². The highest BCUT2D eigenvalue weighted by Gasteiger charge is 2.28. The zero-order valence-electron chi connectivity index (χ0n) is 28.4. The van der Waals surface area contributed by atoms with Gasteiger partial charge in [0.2, 0.25) is 23.7 Å². The van der Waals surface area contributed by atoms with Crippen molar-refractivity contribution in [2.45, 2.75) is 125 Å². The second-order valence-electron chi connectivity index (χ2n) is 15.4. The first-order valence-corrected chi connectivity index (χ1v) is 16.6. The van der Waals surface area contributed by atoms with Crippen LogP contribution in [0.1, 0.15) is 130 Å². The van der Waals surface area contributed by atoms with E-state index in [9.17, 15) is 23.5 Å². The number of rotatable bonds is 8. The van der Waals surface area contributed by atoms with Gasteiger partial charge in [0.15, 0.2) is 0 Å². The predicted octanol–water partition coefficient (Wildman–Crippen LogP) is 9.34. The molecule has 11 heteroatoms. The van der Waals surface area contributed by atoms with Gasteiger partial charge in [-0.15, -0.1) is 0 Å². The lowest BCUT2D eigenvalue weighted by Crippen LogP contribution is -2.24. The zero-order valence-corrected chi connectivity index (χ0v) is 28.4. The maximum Gasteiger partial charge on any atom is 0.263 e. The number of benzene rings is 2. The van der Waals surface area contributed by atoms with Crippen LogP contribution in [-0.4, -0.2) is 36.0 Å². The van der Waals surface area contributed by atoms with Crippen molar-refractivity contribution in [2.75, 3.05) is 10.6 Å². The molecule has 2 aliphatic carbocycles. The number of nitrogens with one attached hydrogen (secondary N) is 2. The van der Waals surface area contributed by atoms with Gasteiger partial charge in [0.05, 0.1) is 28.7 Å². The van der Waals surface area contributed by atoms with E-state index in [0.29, 0.717) is 41.8 Å². The first kappa shape index (κ1) is 37.0. The summed E-state index contributed by atoms with van der Waals surface area (Å²) in [7, 11) is 0. The van der Waals surface area contributed by atoms with Crippen LogP contribution < -0.4 is 10.6 Å². The van der Waals surface area contributed by atoms with Crippen molar-refractivity contribution in [3.8, 4) is 0 Å². The molecule has 0 saturated heterocycles. The Hall–Kier alpha value is -3.86. The number of fused-ring (bicyclic) bond motifs is 2. The summed E-state index contributed by atoms with van der Waals surface area (Å²) in [6, 6.07) is 10.9. The highest BCUT2D eigenvalue weighted by atomic mass is 19.3. The maximum atomic E-state index is 13.0. The number of carbonyl (C=O) groups is 2. The Balaban J connectivity index is 0.000000212. The van der Waals surface area contributed by atoms with Crippen LogP contribution >= 0.6 is 0 Å². The van der Waals surface area contributed by atoms with E-state index < -0.39 is 6.43 Å². The Morgan fingerprint density at radius 3 is 1.60 bits per heavy atom. The molecule has 0 atom stereocenters. The Labute approximate surface area is 282 Å². The number of imidazole rings is 2. The molecular formula is C37H52F2N6O3. The topological polar surface area (TPSA) is 114 Å². The highest BCUT2D eigenvalue weighted by molar-refractivity contribution is 5.93. The Bertz CT molecular complexity index is 1740. The van der Waals surface area contributed by atoms with Crippen LogP contribution in [0.2, 0.25) is 0 Å². The van der Waals surface area contributed by atoms with Crippen LogP contribution in [0.25, 0.3) is 22.1 Å². The molecule has 2 aliphatic rings. The molecule has 6 rings (SSSR count). The first-order valence-electron chi connectivity index (χ1n) is 16.6. The minimum atomic E-state index is -2.52. The number of anilines is 2. The lowest BCUT2D eigenvalue weighted by molar-refractivity contribution is -0.118. The summed E-state index contributed by atoms with van der Waals surface area (Å²) >= 11 is 0. The molecule has 0 bridgehead atoms. The molecule has 0 radical (unpaired) electrons. The third-order valence-corrected chi connectivity index (χ3v) is 8.67. The number of amides is 2. The number of hydrogen-bond acceptors (Lipinski definition) is 5. The van der Waals surface area contributed by atoms with Gasteiger partial charge in [-0.1, -0.05) is 61.1 Å². The van der Waals surface area contributed by atoms with Crippen molar-refractivity contribution in [1.29, 1.82) is 0 Å². The van der Waals surface area contributed by atoms with Gasteiger partial charge in [0.25, 0.3) is 6.43 Å². The molecule has 2 heterocycles. The molecule has 2 fully saturated rings. The summed E-state index contributed by atoms with van der Waals surface area (Å²) < 4.78 is 30.1. The predicted molar refractivity (Wildman–Crippen MR) is 188 cm³/mol. The van der Waals surface area contributed by atoms with Crippen molar-refractivity contribution in [1.82, 2.24) is 19.1 Å². The van der Waals surface area contributed by atoms with Crippen LogP contribution in [0.15, 0.2) is 36.4 Å². The van der Waals surface area contributed by atoms with Gasteiger partial charge in [-0.05, 0) is 79.2 Å². The second kappa shape index (κ2) is 14.7. The van der Waals surface area contributed by atoms with Gasteiger partial charge in [-0.2, -0.15) is 0 Å². The van der Waals surface area contributed by atoms with Crippen LogP contribution in [0.5, 0.6) is 0 Å². The number of carbonyl (C=O) groups excluding carboxylic acids is 2. The Morgan fingerprint density at radius 1 is 0.792 bits per heavy atom. The average molecular weight is 667 g/mol. The van der Waals surface area contributed by atoms with Crippen LogP contribution in [0.3, 0.4) is 0 Å². The lowest BCUT2D eigenvalue weighted by atomic mass is 9.92. The summed E-state index contributed by atoms with van der Waals surface area (Å²) in [6.07, 6.45) is 4.81. The van der Waals surface area contributed by atoms with E-state index in [1.165, 1.54) is 18.6 Å². The standard InChI is InChI=1S/C18H23F2N3O.C18H25N3O2.CH4/c1-18(2,3)10-15(24)22-17-21-13-8-7-11(16(19)20)9-14(13)23(17)12-5-4-6-12;1-18(2,3)10-16(23)20-17-19-14-8-7-12(11-22)9-15(14)21(17)13-5-4-6-13;/h7-9,12,16H,4-6,10H2,1-3H3,(H,21,22,24);7-9,13,22H,4-6,10-11H2,1-3H3,(H,19,20,23);1H4. The summed E-state index contributed by atoms with van der Waals surface area (Å²) in [5.41, 5.74) is 3.83. The van der Waals surface area contributed by atoms with Gasteiger partial charge in [0.1, 0.15) is 0 Å². The molecule has 2 saturated carbocycles. The van der Waals surface area contributed by atoms with Crippen LogP contribution in [0, 0.1) is 10.8 Å². The fraction of sp³-hybridized carbons (Fsp3) is 0.568. The lowest BCUT2D eigenvalue weighted by Gasteiger charge is -2.29. The third-order valence-electron chi connectivity index (χ3n) is 8.67. The SMILES string of the molecule is C.CC(C)(C)CC(=O)Nc1nc2ccc(C(F)F)cc2n1C1CCC1.CC(C)(C)CC(=O)Nc1nc2ccc(CO)cc2n1C1CCC1. The van der Waals surface area contributed by atoms with E-state index in [-0.39, 0.29) is 48.3 Å². The van der Waals surface area contributed by atoms with E-state index in [2.05, 4.69) is 45.9 Å². The monoisotopic (exact) mass is 666 g/mol. The van der Waals surface area contributed by atoms with Gasteiger partial charge in [-0.3, -0.25) is 20.2 Å². The van der Waals surface area contributed by atoms with Gasteiger partial charge < -0.3 is 14.2 Å². The largest absolute Gasteiger partial charge is 0.392 e. The molecule has 2 aromatic carbocycles. The quantitative estimate of drug-likeness (QED) is 0.173.